The number of carbonyl (C=O) groups is 2. The zero-order chi connectivity index (χ0) is 15.1. The maximum absolute atomic E-state index is 12.2. The number of ether oxygens (including phenoxy) is 2. The van der Waals surface area contributed by atoms with Crippen molar-refractivity contribution >= 4 is 11.9 Å². The van der Waals surface area contributed by atoms with E-state index in [0.29, 0.717) is 18.6 Å². The molecule has 1 rings (SSSR count). The van der Waals surface area contributed by atoms with E-state index >= 15 is 0 Å². The SMILES string of the molecule is COCC[C@H](NC(=O)c1cc(C)cc(C)c1)C(=O)OC. The molecule has 1 aromatic rings. The van der Waals surface area contributed by atoms with Crippen molar-refractivity contribution in [2.24, 2.45) is 0 Å². The van der Waals surface area contributed by atoms with E-state index in [1.54, 1.807) is 19.2 Å². The third kappa shape index (κ3) is 4.66. The zero-order valence-electron chi connectivity index (χ0n) is 12.4. The van der Waals surface area contributed by atoms with Gasteiger partial charge in [-0.05, 0) is 26.0 Å². The van der Waals surface area contributed by atoms with Crippen molar-refractivity contribution in [1.82, 2.24) is 5.32 Å². The Balaban J connectivity index is 2.81. The predicted octanol–water partition coefficient (Wildman–Crippen LogP) is 1.61. The summed E-state index contributed by atoms with van der Waals surface area (Å²) in [7, 11) is 2.84. The summed E-state index contributed by atoms with van der Waals surface area (Å²) < 4.78 is 9.62. The largest absolute Gasteiger partial charge is 0.467 e. The summed E-state index contributed by atoms with van der Waals surface area (Å²) in [5, 5.41) is 2.68. The van der Waals surface area contributed by atoms with Crippen LogP contribution in [0.3, 0.4) is 0 Å². The van der Waals surface area contributed by atoms with Crippen LogP contribution in [0.5, 0.6) is 0 Å². The summed E-state index contributed by atoms with van der Waals surface area (Å²) in [6.07, 6.45) is 0.375. The lowest BCUT2D eigenvalue weighted by Gasteiger charge is -2.16. The maximum Gasteiger partial charge on any atom is 0.328 e. The lowest BCUT2D eigenvalue weighted by molar-refractivity contribution is -0.143. The molecule has 0 bridgehead atoms. The average Bonchev–Trinajstić information content (AvgIpc) is 2.41. The summed E-state index contributed by atoms with van der Waals surface area (Å²) in [6, 6.07) is 4.85. The summed E-state index contributed by atoms with van der Waals surface area (Å²) in [5.74, 6) is -0.761. The summed E-state index contributed by atoms with van der Waals surface area (Å²) in [6.45, 7) is 4.21. The number of benzene rings is 1. The number of nitrogens with one attached hydrogen (secondary N) is 1. The topological polar surface area (TPSA) is 64.6 Å². The van der Waals surface area contributed by atoms with E-state index in [2.05, 4.69) is 10.1 Å². The van der Waals surface area contributed by atoms with Gasteiger partial charge in [-0.25, -0.2) is 4.79 Å². The molecule has 1 N–H and O–H groups in total. The number of hydrogen-bond donors (Lipinski definition) is 1. The standard InChI is InChI=1S/C15H21NO4/c1-10-7-11(2)9-12(8-10)14(17)16-13(5-6-19-3)15(18)20-4/h7-9,13H,5-6H2,1-4H3,(H,16,17)/t13-/m0/s1. The van der Waals surface area contributed by atoms with Crippen LogP contribution in [0.15, 0.2) is 18.2 Å². The number of hydrogen-bond acceptors (Lipinski definition) is 4. The third-order valence-electron chi connectivity index (χ3n) is 2.89. The maximum atomic E-state index is 12.2. The van der Waals surface area contributed by atoms with E-state index in [0.717, 1.165) is 11.1 Å². The van der Waals surface area contributed by atoms with Crippen LogP contribution in [0, 0.1) is 13.8 Å². The van der Waals surface area contributed by atoms with Crippen molar-refractivity contribution in [2.45, 2.75) is 26.3 Å². The first kappa shape index (κ1) is 16.2. The summed E-state index contributed by atoms with van der Waals surface area (Å²) in [4.78, 5) is 23.8. The minimum atomic E-state index is -0.701. The molecule has 0 aromatic heterocycles. The third-order valence-corrected chi connectivity index (χ3v) is 2.89. The molecular weight excluding hydrogens is 258 g/mol. The van der Waals surface area contributed by atoms with Gasteiger partial charge in [0.1, 0.15) is 6.04 Å². The number of esters is 1. The van der Waals surface area contributed by atoms with Gasteiger partial charge in [0.25, 0.3) is 5.91 Å². The Morgan fingerprint density at radius 1 is 1.15 bits per heavy atom. The molecule has 0 aliphatic heterocycles. The number of amides is 1. The van der Waals surface area contributed by atoms with Crippen LogP contribution in [0.1, 0.15) is 27.9 Å². The molecule has 0 fully saturated rings. The van der Waals surface area contributed by atoms with Crippen LogP contribution in [0.2, 0.25) is 0 Å². The van der Waals surface area contributed by atoms with Crippen LogP contribution in [-0.2, 0) is 14.3 Å². The van der Waals surface area contributed by atoms with Gasteiger partial charge < -0.3 is 14.8 Å². The summed E-state index contributed by atoms with van der Waals surface area (Å²) in [5.41, 5.74) is 2.54. The van der Waals surface area contributed by atoms with Crippen LogP contribution in [0.25, 0.3) is 0 Å². The van der Waals surface area contributed by atoms with Crippen LogP contribution < -0.4 is 5.32 Å². The molecule has 20 heavy (non-hydrogen) atoms. The Hall–Kier alpha value is -1.88. The van der Waals surface area contributed by atoms with Gasteiger partial charge in [-0.2, -0.15) is 0 Å². The van der Waals surface area contributed by atoms with Crippen LogP contribution in [0.4, 0.5) is 0 Å². The van der Waals surface area contributed by atoms with Crippen molar-refractivity contribution in [3.8, 4) is 0 Å². The average molecular weight is 279 g/mol. The first-order chi connectivity index (χ1) is 9.47. The smallest absolute Gasteiger partial charge is 0.328 e. The number of methoxy groups -OCH3 is 2. The molecule has 0 radical (unpaired) electrons. The van der Waals surface area contributed by atoms with Crippen molar-refractivity contribution in [2.75, 3.05) is 20.8 Å². The number of aryl methyl sites for hydroxylation is 2. The lowest BCUT2D eigenvalue weighted by atomic mass is 10.1. The fraction of sp³-hybridized carbons (Fsp3) is 0.467. The molecule has 0 spiro atoms. The normalized spacial score (nSPS) is 11.8. The molecule has 5 nitrogen and oxygen atoms in total. The van der Waals surface area contributed by atoms with Crippen LogP contribution >= 0.6 is 0 Å². The molecule has 1 amide bonds. The van der Waals surface area contributed by atoms with Gasteiger partial charge in [0.2, 0.25) is 0 Å². The second-order valence-corrected chi connectivity index (χ2v) is 4.71. The molecule has 0 aliphatic carbocycles. The van der Waals surface area contributed by atoms with E-state index < -0.39 is 12.0 Å². The molecule has 5 heteroatoms. The molecular formula is C15H21NO4. The fourth-order valence-electron chi connectivity index (χ4n) is 1.97. The van der Waals surface area contributed by atoms with Crippen LogP contribution in [-0.4, -0.2) is 38.7 Å². The molecule has 110 valence electrons. The Morgan fingerprint density at radius 2 is 1.75 bits per heavy atom. The molecule has 0 saturated heterocycles. The van der Waals surface area contributed by atoms with Crippen molar-refractivity contribution in [3.63, 3.8) is 0 Å². The highest BCUT2D eigenvalue weighted by Crippen LogP contribution is 2.09. The fourth-order valence-corrected chi connectivity index (χ4v) is 1.97. The molecule has 1 atom stereocenters. The highest BCUT2D eigenvalue weighted by molar-refractivity contribution is 5.97. The number of carbonyl (C=O) groups excluding carboxylic acids is 2. The molecule has 0 saturated carbocycles. The highest BCUT2D eigenvalue weighted by atomic mass is 16.5. The zero-order valence-corrected chi connectivity index (χ0v) is 12.4. The van der Waals surface area contributed by atoms with Gasteiger partial charge in [-0.1, -0.05) is 17.2 Å². The second-order valence-electron chi connectivity index (χ2n) is 4.71. The minimum Gasteiger partial charge on any atom is -0.467 e. The van der Waals surface area contributed by atoms with Gasteiger partial charge in [-0.3, -0.25) is 4.79 Å². The predicted molar refractivity (Wildman–Crippen MR) is 75.7 cm³/mol. The lowest BCUT2D eigenvalue weighted by Crippen LogP contribution is -2.42. The van der Waals surface area contributed by atoms with Gasteiger partial charge in [0.05, 0.1) is 7.11 Å². The van der Waals surface area contributed by atoms with Crippen molar-refractivity contribution in [1.29, 1.82) is 0 Å². The van der Waals surface area contributed by atoms with Gasteiger partial charge >= 0.3 is 5.97 Å². The Bertz CT molecular complexity index is 465. The first-order valence-electron chi connectivity index (χ1n) is 6.44. The van der Waals surface area contributed by atoms with Gasteiger partial charge in [0.15, 0.2) is 0 Å². The molecule has 0 aliphatic rings. The Labute approximate surface area is 119 Å². The number of rotatable bonds is 6. The van der Waals surface area contributed by atoms with Gasteiger partial charge in [-0.15, -0.1) is 0 Å². The van der Waals surface area contributed by atoms with Crippen molar-refractivity contribution < 1.29 is 19.1 Å². The highest BCUT2D eigenvalue weighted by Gasteiger charge is 2.21. The van der Waals surface area contributed by atoms with E-state index in [1.807, 2.05) is 19.9 Å². The molecule has 0 unspecified atom stereocenters. The molecule has 1 aromatic carbocycles. The Morgan fingerprint density at radius 3 is 2.25 bits per heavy atom. The van der Waals surface area contributed by atoms with Gasteiger partial charge in [0, 0.05) is 25.7 Å². The van der Waals surface area contributed by atoms with E-state index in [1.165, 1.54) is 7.11 Å². The van der Waals surface area contributed by atoms with E-state index in [-0.39, 0.29) is 5.91 Å². The van der Waals surface area contributed by atoms with Crippen molar-refractivity contribution in [3.05, 3.63) is 34.9 Å². The first-order valence-corrected chi connectivity index (χ1v) is 6.44. The molecule has 0 heterocycles. The summed E-state index contributed by atoms with van der Waals surface area (Å²) >= 11 is 0. The van der Waals surface area contributed by atoms with E-state index in [9.17, 15) is 9.59 Å². The Kier molecular flexibility index (Phi) is 6.18. The minimum absolute atomic E-state index is 0.289. The quantitative estimate of drug-likeness (QED) is 0.804. The van der Waals surface area contributed by atoms with E-state index in [4.69, 9.17) is 4.74 Å². The second kappa shape index (κ2) is 7.65. The monoisotopic (exact) mass is 279 g/mol.